The van der Waals surface area contributed by atoms with Gasteiger partial charge < -0.3 is 9.80 Å². The number of carbonyl (C=O) groups excluding carboxylic acids is 1. The molecule has 0 atom stereocenters. The molecule has 0 spiro atoms. The van der Waals surface area contributed by atoms with Crippen molar-refractivity contribution in [2.24, 2.45) is 5.10 Å². The van der Waals surface area contributed by atoms with E-state index in [9.17, 15) is 4.79 Å². The summed E-state index contributed by atoms with van der Waals surface area (Å²) in [7, 11) is 0. The summed E-state index contributed by atoms with van der Waals surface area (Å²) in [6.45, 7) is 8.32. The van der Waals surface area contributed by atoms with Crippen LogP contribution in [0.3, 0.4) is 0 Å². The number of halogens is 1. The summed E-state index contributed by atoms with van der Waals surface area (Å²) in [4.78, 5) is 16.6. The van der Waals surface area contributed by atoms with Crippen LogP contribution < -0.4 is 4.90 Å². The van der Waals surface area contributed by atoms with Gasteiger partial charge in [0.2, 0.25) is 5.91 Å². The van der Waals surface area contributed by atoms with Gasteiger partial charge in [-0.2, -0.15) is 5.10 Å². The van der Waals surface area contributed by atoms with E-state index in [1.807, 2.05) is 11.8 Å². The second-order valence-corrected chi connectivity index (χ2v) is 5.95. The summed E-state index contributed by atoms with van der Waals surface area (Å²) >= 11 is 5.59. The highest BCUT2D eigenvalue weighted by Crippen LogP contribution is 2.17. The molecule has 1 heterocycles. The maximum absolute atomic E-state index is 12.4. The van der Waals surface area contributed by atoms with Crippen molar-refractivity contribution in [3.05, 3.63) is 29.8 Å². The van der Waals surface area contributed by atoms with E-state index in [-0.39, 0.29) is 5.91 Å². The van der Waals surface area contributed by atoms with Crippen molar-refractivity contribution in [2.45, 2.75) is 13.8 Å². The molecule has 0 radical (unpaired) electrons. The minimum Gasteiger partial charge on any atom is -0.368 e. The highest BCUT2D eigenvalue weighted by molar-refractivity contribution is 6.24. The quantitative estimate of drug-likeness (QED) is 0.454. The Morgan fingerprint density at radius 2 is 1.91 bits per heavy atom. The summed E-state index contributed by atoms with van der Waals surface area (Å²) in [6.07, 6.45) is 1.62. The van der Waals surface area contributed by atoms with Crippen LogP contribution in [-0.4, -0.2) is 67.2 Å². The molecule has 0 bridgehead atoms. The first-order valence-electron chi connectivity index (χ1n) is 8.06. The molecule has 2 rings (SSSR count). The number of carbonyl (C=O) groups is 1. The van der Waals surface area contributed by atoms with Gasteiger partial charge in [0.15, 0.2) is 0 Å². The van der Waals surface area contributed by atoms with Crippen LogP contribution in [0.2, 0.25) is 0 Å². The van der Waals surface area contributed by atoms with Crippen LogP contribution in [0.1, 0.15) is 12.5 Å². The van der Waals surface area contributed by atoms with Crippen molar-refractivity contribution in [3.63, 3.8) is 0 Å². The Kier molecular flexibility index (Phi) is 6.71. The molecule has 1 aliphatic rings. The Hall–Kier alpha value is -1.75. The van der Waals surface area contributed by atoms with E-state index < -0.39 is 0 Å². The predicted molar refractivity (Wildman–Crippen MR) is 96.4 cm³/mol. The highest BCUT2D eigenvalue weighted by atomic mass is 35.5. The molecular formula is C17H25ClN4O. The maximum atomic E-state index is 12.4. The molecule has 1 aliphatic heterocycles. The fraction of sp³-hybridized carbons (Fsp3) is 0.529. The molecule has 1 aromatic carbocycles. The van der Waals surface area contributed by atoms with Crippen molar-refractivity contribution in [1.82, 2.24) is 9.91 Å². The number of alkyl halides is 1. The number of aryl methyl sites for hydroxylation is 1. The molecule has 1 amide bonds. The number of hydrogen-bond acceptors (Lipinski definition) is 4. The number of nitrogens with zero attached hydrogens (tertiary/aromatic N) is 4. The number of likely N-dealkylation sites (N-methyl/N-ethyl adjacent to an activating group) is 1. The van der Waals surface area contributed by atoms with Crippen LogP contribution in [0.4, 0.5) is 5.69 Å². The third kappa shape index (κ3) is 5.13. The van der Waals surface area contributed by atoms with E-state index in [1.165, 1.54) is 11.3 Å². The third-order valence-electron chi connectivity index (χ3n) is 4.03. The standard InChI is InChI=1S/C17H25ClN4O/c1-3-22(19-9-8-18)14-17(23)21-12-10-20(11-13-21)16-6-4-15(2)5-7-16/h4-7,9H,3,8,10-14H2,1-2H3/b19-9-. The Morgan fingerprint density at radius 3 is 2.48 bits per heavy atom. The molecule has 0 unspecified atom stereocenters. The number of rotatable bonds is 6. The van der Waals surface area contributed by atoms with Gasteiger partial charge in [0.05, 0.1) is 5.88 Å². The first kappa shape index (κ1) is 17.6. The lowest BCUT2D eigenvalue weighted by atomic mass is 10.2. The second-order valence-electron chi connectivity index (χ2n) is 5.64. The number of hydrazone groups is 1. The Labute approximate surface area is 143 Å². The minimum atomic E-state index is 0.127. The monoisotopic (exact) mass is 336 g/mol. The molecule has 23 heavy (non-hydrogen) atoms. The molecule has 0 aromatic heterocycles. The van der Waals surface area contributed by atoms with E-state index in [0.29, 0.717) is 19.0 Å². The molecule has 1 aromatic rings. The smallest absolute Gasteiger partial charge is 0.243 e. The lowest BCUT2D eigenvalue weighted by molar-refractivity contribution is -0.132. The molecule has 126 valence electrons. The minimum absolute atomic E-state index is 0.127. The van der Waals surface area contributed by atoms with Gasteiger partial charge in [0.25, 0.3) is 0 Å². The van der Waals surface area contributed by atoms with Gasteiger partial charge in [-0.05, 0) is 26.0 Å². The number of hydrogen-bond donors (Lipinski definition) is 0. The van der Waals surface area contributed by atoms with Crippen molar-refractivity contribution in [2.75, 3.05) is 50.0 Å². The maximum Gasteiger partial charge on any atom is 0.243 e. The molecule has 0 N–H and O–H groups in total. The zero-order valence-electron chi connectivity index (χ0n) is 13.9. The Bertz CT molecular complexity index is 524. The molecule has 6 heteroatoms. The van der Waals surface area contributed by atoms with E-state index >= 15 is 0 Å². The van der Waals surface area contributed by atoms with Crippen LogP contribution in [0.25, 0.3) is 0 Å². The summed E-state index contributed by atoms with van der Waals surface area (Å²) in [5.41, 5.74) is 2.49. The van der Waals surface area contributed by atoms with E-state index in [2.05, 4.69) is 41.2 Å². The predicted octanol–water partition coefficient (Wildman–Crippen LogP) is 2.19. The zero-order valence-corrected chi connectivity index (χ0v) is 14.7. The van der Waals surface area contributed by atoms with Gasteiger partial charge in [-0.15, -0.1) is 11.6 Å². The van der Waals surface area contributed by atoms with Gasteiger partial charge in [-0.1, -0.05) is 17.7 Å². The lowest BCUT2D eigenvalue weighted by Gasteiger charge is -2.36. The molecular weight excluding hydrogens is 312 g/mol. The normalized spacial score (nSPS) is 15.3. The van der Waals surface area contributed by atoms with E-state index in [0.717, 1.165) is 26.2 Å². The topological polar surface area (TPSA) is 39.2 Å². The average molecular weight is 337 g/mol. The van der Waals surface area contributed by atoms with Crippen molar-refractivity contribution < 1.29 is 4.79 Å². The fourth-order valence-corrected chi connectivity index (χ4v) is 2.67. The molecule has 0 saturated carbocycles. The number of benzene rings is 1. The summed E-state index contributed by atoms with van der Waals surface area (Å²) < 4.78 is 0. The lowest BCUT2D eigenvalue weighted by Crippen LogP contribution is -2.51. The Morgan fingerprint density at radius 1 is 1.26 bits per heavy atom. The zero-order chi connectivity index (χ0) is 16.7. The van der Waals surface area contributed by atoms with Crippen molar-refractivity contribution in [3.8, 4) is 0 Å². The number of piperazine rings is 1. The summed E-state index contributed by atoms with van der Waals surface area (Å²) in [5, 5.41) is 5.93. The highest BCUT2D eigenvalue weighted by Gasteiger charge is 2.22. The van der Waals surface area contributed by atoms with Crippen molar-refractivity contribution >= 4 is 29.4 Å². The molecule has 1 fully saturated rings. The number of anilines is 1. The SMILES string of the molecule is CCN(CC(=O)N1CCN(c2ccc(C)cc2)CC1)/N=C\CCl. The fourth-order valence-electron chi connectivity index (χ4n) is 2.61. The molecule has 0 aliphatic carbocycles. The third-order valence-corrected chi connectivity index (χ3v) is 4.17. The van der Waals surface area contributed by atoms with Crippen LogP contribution in [0, 0.1) is 6.92 Å². The first-order chi connectivity index (χ1) is 11.1. The van der Waals surface area contributed by atoms with Gasteiger partial charge in [-0.25, -0.2) is 0 Å². The van der Waals surface area contributed by atoms with Gasteiger partial charge in [0.1, 0.15) is 6.54 Å². The van der Waals surface area contributed by atoms with Crippen LogP contribution in [0.5, 0.6) is 0 Å². The number of amides is 1. The van der Waals surface area contributed by atoms with Crippen LogP contribution in [0.15, 0.2) is 29.4 Å². The molecule has 1 saturated heterocycles. The summed E-state index contributed by atoms with van der Waals surface area (Å²) in [6, 6.07) is 8.54. The second kappa shape index (κ2) is 8.77. The first-order valence-corrected chi connectivity index (χ1v) is 8.60. The van der Waals surface area contributed by atoms with Crippen molar-refractivity contribution in [1.29, 1.82) is 0 Å². The Balaban J connectivity index is 1.84. The van der Waals surface area contributed by atoms with Gasteiger partial charge >= 0.3 is 0 Å². The van der Waals surface area contributed by atoms with Gasteiger partial charge in [0, 0.05) is 44.6 Å². The van der Waals surface area contributed by atoms with Crippen LogP contribution >= 0.6 is 11.6 Å². The largest absolute Gasteiger partial charge is 0.368 e. The van der Waals surface area contributed by atoms with Crippen LogP contribution in [-0.2, 0) is 4.79 Å². The van der Waals surface area contributed by atoms with Gasteiger partial charge in [-0.3, -0.25) is 9.80 Å². The summed E-state index contributed by atoms with van der Waals surface area (Å²) in [5.74, 6) is 0.488. The van der Waals surface area contributed by atoms with E-state index in [4.69, 9.17) is 11.6 Å². The average Bonchev–Trinajstić information content (AvgIpc) is 2.59. The molecule has 5 nitrogen and oxygen atoms in total. The van der Waals surface area contributed by atoms with E-state index in [1.54, 1.807) is 11.2 Å².